The number of rotatable bonds is 7. The third-order valence-electron chi connectivity index (χ3n) is 2.15. The molecule has 1 aromatic rings. The number of carboxylic acid groups (broad SMARTS) is 1. The molecule has 1 N–H and O–H groups in total. The van der Waals surface area contributed by atoms with Crippen LogP contribution in [0.1, 0.15) is 35.5 Å². The maximum atomic E-state index is 11.8. The van der Waals surface area contributed by atoms with Gasteiger partial charge in [-0.25, -0.2) is 9.78 Å². The summed E-state index contributed by atoms with van der Waals surface area (Å²) < 4.78 is 44.8. The molecule has 0 aliphatic carbocycles. The lowest BCUT2D eigenvalue weighted by molar-refractivity contribution is -0.173. The Morgan fingerprint density at radius 2 is 2.11 bits per heavy atom. The molecule has 0 amide bonds. The molecule has 0 spiro atoms. The summed E-state index contributed by atoms with van der Waals surface area (Å²) in [4.78, 5) is 14.8. The van der Waals surface area contributed by atoms with E-state index in [1.54, 1.807) is 0 Å². The van der Waals surface area contributed by atoms with Crippen molar-refractivity contribution in [3.63, 3.8) is 0 Å². The van der Waals surface area contributed by atoms with E-state index in [9.17, 15) is 18.0 Å². The quantitative estimate of drug-likeness (QED) is 0.777. The van der Waals surface area contributed by atoms with Crippen LogP contribution >= 0.6 is 0 Å². The first-order chi connectivity index (χ1) is 8.83. The third kappa shape index (κ3) is 5.29. The Balaban J connectivity index is 2.55. The largest absolute Gasteiger partial charge is 0.475 e. The molecule has 0 saturated heterocycles. The number of nitrogens with zero attached hydrogens (tertiary/aromatic N) is 1. The summed E-state index contributed by atoms with van der Waals surface area (Å²) in [6, 6.07) is 0. The molecule has 0 aromatic carbocycles. The van der Waals surface area contributed by atoms with E-state index in [0.29, 0.717) is 18.5 Å². The van der Waals surface area contributed by atoms with Gasteiger partial charge in [0.2, 0.25) is 5.76 Å². The second-order valence-corrected chi connectivity index (χ2v) is 3.86. The molecule has 0 fully saturated rings. The average molecular weight is 281 g/mol. The van der Waals surface area contributed by atoms with E-state index in [2.05, 4.69) is 9.72 Å². The van der Waals surface area contributed by atoms with Crippen molar-refractivity contribution in [2.45, 2.75) is 32.4 Å². The maximum Gasteiger partial charge on any atom is 0.411 e. The van der Waals surface area contributed by atoms with Crippen LogP contribution in [0.25, 0.3) is 0 Å². The van der Waals surface area contributed by atoms with Crippen LogP contribution in [0.15, 0.2) is 4.42 Å². The second-order valence-electron chi connectivity index (χ2n) is 3.86. The van der Waals surface area contributed by atoms with Gasteiger partial charge < -0.3 is 14.3 Å². The van der Waals surface area contributed by atoms with Gasteiger partial charge in [0.15, 0.2) is 5.89 Å². The predicted octanol–water partition coefficient (Wildman–Crippen LogP) is 2.45. The molecule has 1 rings (SSSR count). The SMILES string of the molecule is CCCc1nc(CCOCC(F)(F)F)oc1C(=O)O. The Morgan fingerprint density at radius 3 is 2.63 bits per heavy atom. The molecule has 0 bridgehead atoms. The Hall–Kier alpha value is -1.57. The number of hydrogen-bond acceptors (Lipinski definition) is 4. The first kappa shape index (κ1) is 15.5. The van der Waals surface area contributed by atoms with E-state index in [1.807, 2.05) is 6.92 Å². The maximum absolute atomic E-state index is 11.8. The molecule has 0 aliphatic heterocycles. The Kier molecular flexibility index (Phi) is 5.34. The van der Waals surface area contributed by atoms with Gasteiger partial charge in [-0.2, -0.15) is 13.2 Å². The molecule has 0 radical (unpaired) electrons. The minimum atomic E-state index is -4.38. The fraction of sp³-hybridized carbons (Fsp3) is 0.636. The molecular weight excluding hydrogens is 267 g/mol. The van der Waals surface area contributed by atoms with Crippen molar-refractivity contribution in [2.75, 3.05) is 13.2 Å². The summed E-state index contributed by atoms with van der Waals surface area (Å²) in [5.41, 5.74) is 0.306. The zero-order valence-electron chi connectivity index (χ0n) is 10.3. The molecule has 0 aliphatic rings. The number of alkyl halides is 3. The normalized spacial score (nSPS) is 11.8. The highest BCUT2D eigenvalue weighted by Gasteiger charge is 2.27. The summed E-state index contributed by atoms with van der Waals surface area (Å²) in [5.74, 6) is -1.42. The number of oxazole rings is 1. The van der Waals surface area contributed by atoms with Crippen molar-refractivity contribution in [2.24, 2.45) is 0 Å². The fourth-order valence-corrected chi connectivity index (χ4v) is 1.43. The van der Waals surface area contributed by atoms with Gasteiger partial charge in [-0.15, -0.1) is 0 Å². The summed E-state index contributed by atoms with van der Waals surface area (Å²) in [7, 11) is 0. The molecular formula is C11H14F3NO4. The summed E-state index contributed by atoms with van der Waals surface area (Å²) >= 11 is 0. The van der Waals surface area contributed by atoms with Crippen molar-refractivity contribution in [1.82, 2.24) is 4.98 Å². The standard InChI is InChI=1S/C11H14F3NO4/c1-2-3-7-9(10(16)17)19-8(15-7)4-5-18-6-11(12,13)14/h2-6H2,1H3,(H,16,17). The molecule has 108 valence electrons. The number of hydrogen-bond donors (Lipinski definition) is 1. The van der Waals surface area contributed by atoms with Crippen molar-refractivity contribution in [3.8, 4) is 0 Å². The highest BCUT2D eigenvalue weighted by Crippen LogP contribution is 2.16. The zero-order chi connectivity index (χ0) is 14.5. The zero-order valence-corrected chi connectivity index (χ0v) is 10.3. The smallest absolute Gasteiger partial charge is 0.411 e. The van der Waals surface area contributed by atoms with E-state index in [-0.39, 0.29) is 24.7 Å². The predicted molar refractivity (Wildman–Crippen MR) is 58.0 cm³/mol. The van der Waals surface area contributed by atoms with Crippen LogP contribution in [0, 0.1) is 0 Å². The number of ether oxygens (including phenoxy) is 1. The van der Waals surface area contributed by atoms with E-state index >= 15 is 0 Å². The Bertz CT molecular complexity index is 428. The van der Waals surface area contributed by atoms with Gasteiger partial charge in [0.05, 0.1) is 12.3 Å². The number of aromatic nitrogens is 1. The molecule has 1 aromatic heterocycles. The van der Waals surface area contributed by atoms with Gasteiger partial charge in [-0.3, -0.25) is 0 Å². The second kappa shape index (κ2) is 6.55. The van der Waals surface area contributed by atoms with Crippen LogP contribution in [-0.4, -0.2) is 35.4 Å². The highest BCUT2D eigenvalue weighted by atomic mass is 19.4. The van der Waals surface area contributed by atoms with Crippen LogP contribution in [0.2, 0.25) is 0 Å². The lowest BCUT2D eigenvalue weighted by Crippen LogP contribution is -2.18. The van der Waals surface area contributed by atoms with Gasteiger partial charge in [-0.1, -0.05) is 13.3 Å². The average Bonchev–Trinajstić information content (AvgIpc) is 2.67. The van der Waals surface area contributed by atoms with Crippen LogP contribution in [0.5, 0.6) is 0 Å². The van der Waals surface area contributed by atoms with Crippen LogP contribution in [-0.2, 0) is 17.6 Å². The minimum Gasteiger partial charge on any atom is -0.475 e. The number of aromatic carboxylic acids is 1. The molecule has 0 atom stereocenters. The molecule has 8 heteroatoms. The number of carboxylic acids is 1. The number of halogens is 3. The van der Waals surface area contributed by atoms with Crippen LogP contribution in [0.4, 0.5) is 13.2 Å². The van der Waals surface area contributed by atoms with Crippen molar-refractivity contribution < 1.29 is 32.2 Å². The molecule has 0 saturated carbocycles. The monoisotopic (exact) mass is 281 g/mol. The van der Waals surface area contributed by atoms with E-state index in [1.165, 1.54) is 0 Å². The highest BCUT2D eigenvalue weighted by molar-refractivity contribution is 5.85. The minimum absolute atomic E-state index is 0.0000737. The van der Waals surface area contributed by atoms with Crippen LogP contribution in [0.3, 0.4) is 0 Å². The van der Waals surface area contributed by atoms with Crippen molar-refractivity contribution >= 4 is 5.97 Å². The summed E-state index contributed by atoms with van der Waals surface area (Å²) in [6.07, 6.45) is -3.25. The lowest BCUT2D eigenvalue weighted by atomic mass is 10.2. The van der Waals surface area contributed by atoms with Gasteiger partial charge in [0, 0.05) is 6.42 Å². The molecule has 5 nitrogen and oxygen atoms in total. The number of carbonyl (C=O) groups is 1. The topological polar surface area (TPSA) is 72.6 Å². The first-order valence-electron chi connectivity index (χ1n) is 5.70. The first-order valence-corrected chi connectivity index (χ1v) is 5.70. The summed E-state index contributed by atoms with van der Waals surface area (Å²) in [5, 5.41) is 8.87. The Labute approximate surface area is 107 Å². The number of aryl methyl sites for hydroxylation is 1. The fourth-order valence-electron chi connectivity index (χ4n) is 1.43. The molecule has 0 unspecified atom stereocenters. The third-order valence-corrected chi connectivity index (χ3v) is 2.15. The van der Waals surface area contributed by atoms with Gasteiger partial charge >= 0.3 is 12.1 Å². The molecule has 1 heterocycles. The van der Waals surface area contributed by atoms with E-state index in [4.69, 9.17) is 9.52 Å². The van der Waals surface area contributed by atoms with E-state index < -0.39 is 18.8 Å². The van der Waals surface area contributed by atoms with Gasteiger partial charge in [-0.05, 0) is 6.42 Å². The molecule has 19 heavy (non-hydrogen) atoms. The summed E-state index contributed by atoms with van der Waals surface area (Å²) in [6.45, 7) is 0.276. The Morgan fingerprint density at radius 1 is 1.42 bits per heavy atom. The lowest BCUT2D eigenvalue weighted by Gasteiger charge is -2.05. The van der Waals surface area contributed by atoms with Crippen molar-refractivity contribution in [1.29, 1.82) is 0 Å². The van der Waals surface area contributed by atoms with Crippen LogP contribution < -0.4 is 0 Å². The van der Waals surface area contributed by atoms with Crippen molar-refractivity contribution in [3.05, 3.63) is 17.3 Å². The van der Waals surface area contributed by atoms with Gasteiger partial charge in [0.1, 0.15) is 6.61 Å². The van der Waals surface area contributed by atoms with E-state index in [0.717, 1.165) is 0 Å². The van der Waals surface area contributed by atoms with Gasteiger partial charge in [0.25, 0.3) is 0 Å².